The van der Waals surface area contributed by atoms with Crippen molar-refractivity contribution in [3.8, 4) is 0 Å². The van der Waals surface area contributed by atoms with E-state index in [1.165, 1.54) is 0 Å². The molecule has 0 spiro atoms. The van der Waals surface area contributed by atoms with Crippen LogP contribution in [0.15, 0.2) is 42.5 Å². The summed E-state index contributed by atoms with van der Waals surface area (Å²) >= 11 is 0. The number of carbonyl (C=O) groups excluding carboxylic acids is 2. The van der Waals surface area contributed by atoms with Crippen molar-refractivity contribution >= 4 is 34.2 Å². The average Bonchev–Trinajstić information content (AvgIpc) is 3.29. The van der Waals surface area contributed by atoms with Crippen LogP contribution in [0.4, 0.5) is 5.69 Å². The Labute approximate surface area is 228 Å². The standard InChI is InChI=1S/C29H39N7O3/c30-10-1-2-27(38)34-24-14-20(3-4-23(24)18-37)17-36-25-16-22(28(32)33)6-5-21(25)15-26(36)29(39)35-12-8-19(7-11-31)9-13-35/h3-6,14-16,19,37H,1-2,7-13,17-18,30-31H2,(H3,32,33)(H,34,38). The highest BCUT2D eigenvalue weighted by atomic mass is 16.3. The fourth-order valence-corrected chi connectivity index (χ4v) is 5.23. The van der Waals surface area contributed by atoms with Crippen LogP contribution in [0.25, 0.3) is 10.9 Å². The lowest BCUT2D eigenvalue weighted by molar-refractivity contribution is -0.116. The zero-order chi connectivity index (χ0) is 27.9. The molecule has 1 aliphatic heterocycles. The molecule has 208 valence electrons. The summed E-state index contributed by atoms with van der Waals surface area (Å²) in [5, 5.41) is 21.5. The van der Waals surface area contributed by atoms with E-state index in [0.29, 0.717) is 74.0 Å². The number of benzene rings is 2. The quantitative estimate of drug-likeness (QED) is 0.163. The van der Waals surface area contributed by atoms with Gasteiger partial charge in [0, 0.05) is 53.8 Å². The van der Waals surface area contributed by atoms with E-state index >= 15 is 0 Å². The molecule has 0 aliphatic carbocycles. The first-order valence-electron chi connectivity index (χ1n) is 13.5. The number of nitrogens with one attached hydrogen (secondary N) is 2. The fraction of sp³-hybridized carbons (Fsp3) is 0.414. The summed E-state index contributed by atoms with van der Waals surface area (Å²) in [6.07, 6.45) is 3.72. The smallest absolute Gasteiger partial charge is 0.270 e. The fourth-order valence-electron chi connectivity index (χ4n) is 5.23. The summed E-state index contributed by atoms with van der Waals surface area (Å²) in [5.74, 6) is 0.295. The van der Waals surface area contributed by atoms with Gasteiger partial charge >= 0.3 is 0 Å². The molecule has 3 aromatic rings. The number of nitrogens with two attached hydrogens (primary N) is 3. The van der Waals surface area contributed by atoms with Gasteiger partial charge in [-0.05, 0) is 68.5 Å². The molecule has 2 amide bonds. The van der Waals surface area contributed by atoms with Gasteiger partial charge in [0.2, 0.25) is 5.91 Å². The molecular formula is C29H39N7O3. The number of amidine groups is 1. The number of anilines is 1. The molecule has 0 bridgehead atoms. The van der Waals surface area contributed by atoms with E-state index < -0.39 is 0 Å². The van der Waals surface area contributed by atoms with E-state index in [9.17, 15) is 14.7 Å². The third-order valence-corrected chi connectivity index (χ3v) is 7.48. The Morgan fingerprint density at radius 2 is 1.82 bits per heavy atom. The predicted molar refractivity (Wildman–Crippen MR) is 154 cm³/mol. The number of aliphatic hydroxyl groups excluding tert-OH is 1. The highest BCUT2D eigenvalue weighted by Crippen LogP contribution is 2.28. The molecule has 39 heavy (non-hydrogen) atoms. The van der Waals surface area contributed by atoms with Gasteiger partial charge in [0.25, 0.3) is 5.91 Å². The van der Waals surface area contributed by atoms with Crippen molar-refractivity contribution in [2.45, 2.75) is 45.3 Å². The normalized spacial score (nSPS) is 14.1. The number of likely N-dealkylation sites (tertiary alicyclic amines) is 1. The number of aromatic nitrogens is 1. The van der Waals surface area contributed by atoms with Gasteiger partial charge in [-0.2, -0.15) is 0 Å². The molecule has 0 saturated carbocycles. The number of amides is 2. The predicted octanol–water partition coefficient (Wildman–Crippen LogP) is 2.34. The maximum atomic E-state index is 13.8. The molecule has 2 aromatic carbocycles. The van der Waals surface area contributed by atoms with Crippen molar-refractivity contribution < 1.29 is 14.7 Å². The van der Waals surface area contributed by atoms with Crippen LogP contribution in [0.2, 0.25) is 0 Å². The van der Waals surface area contributed by atoms with E-state index in [1.54, 1.807) is 12.1 Å². The van der Waals surface area contributed by atoms with Crippen molar-refractivity contribution in [3.63, 3.8) is 0 Å². The number of hydrogen-bond acceptors (Lipinski definition) is 6. The van der Waals surface area contributed by atoms with Crippen LogP contribution in [-0.4, -0.2) is 58.4 Å². The number of rotatable bonds is 11. The zero-order valence-electron chi connectivity index (χ0n) is 22.3. The minimum absolute atomic E-state index is 0.0379. The Kier molecular flexibility index (Phi) is 9.34. The SMILES string of the molecule is N=C(N)c1ccc2cc(C(=O)N3CCC(CCN)CC3)n(Cc3ccc(CO)c(NC(=O)CCCN)c3)c2c1. The van der Waals surface area contributed by atoms with E-state index in [-0.39, 0.29) is 24.3 Å². The van der Waals surface area contributed by atoms with Gasteiger partial charge in [0.1, 0.15) is 11.5 Å². The van der Waals surface area contributed by atoms with Crippen LogP contribution in [0.1, 0.15) is 59.3 Å². The first kappa shape index (κ1) is 28.3. The summed E-state index contributed by atoms with van der Waals surface area (Å²) in [6, 6.07) is 12.9. The average molecular weight is 534 g/mol. The summed E-state index contributed by atoms with van der Waals surface area (Å²) < 4.78 is 1.95. The highest BCUT2D eigenvalue weighted by molar-refractivity contribution is 6.02. The van der Waals surface area contributed by atoms with Gasteiger partial charge in [0.15, 0.2) is 0 Å². The number of nitrogens with zero attached hydrogens (tertiary/aromatic N) is 2. The molecule has 1 saturated heterocycles. The Hall–Kier alpha value is -3.73. The molecule has 10 heteroatoms. The maximum absolute atomic E-state index is 13.8. The molecular weight excluding hydrogens is 494 g/mol. The van der Waals surface area contributed by atoms with E-state index in [4.69, 9.17) is 22.6 Å². The monoisotopic (exact) mass is 533 g/mol. The Morgan fingerprint density at radius 3 is 2.49 bits per heavy atom. The van der Waals surface area contributed by atoms with E-state index in [2.05, 4.69) is 5.32 Å². The van der Waals surface area contributed by atoms with Gasteiger partial charge in [0.05, 0.1) is 6.61 Å². The van der Waals surface area contributed by atoms with Crippen molar-refractivity contribution in [2.24, 2.45) is 23.1 Å². The lowest BCUT2D eigenvalue weighted by Gasteiger charge is -2.32. The number of fused-ring (bicyclic) bond motifs is 1. The lowest BCUT2D eigenvalue weighted by Crippen LogP contribution is -2.39. The largest absolute Gasteiger partial charge is 0.392 e. The first-order valence-corrected chi connectivity index (χ1v) is 13.5. The summed E-state index contributed by atoms with van der Waals surface area (Å²) in [6.45, 7) is 2.60. The zero-order valence-corrected chi connectivity index (χ0v) is 22.3. The van der Waals surface area contributed by atoms with Crippen molar-refractivity contribution in [1.29, 1.82) is 5.41 Å². The van der Waals surface area contributed by atoms with Crippen LogP contribution in [0.5, 0.6) is 0 Å². The first-order chi connectivity index (χ1) is 18.8. The third kappa shape index (κ3) is 6.65. The van der Waals surface area contributed by atoms with Crippen molar-refractivity contribution in [2.75, 3.05) is 31.5 Å². The molecule has 9 N–H and O–H groups in total. The molecule has 10 nitrogen and oxygen atoms in total. The van der Waals surface area contributed by atoms with Crippen LogP contribution >= 0.6 is 0 Å². The Morgan fingerprint density at radius 1 is 1.05 bits per heavy atom. The van der Waals surface area contributed by atoms with Crippen LogP contribution < -0.4 is 22.5 Å². The molecule has 4 rings (SSSR count). The number of carbonyl (C=O) groups is 2. The molecule has 2 heterocycles. The third-order valence-electron chi connectivity index (χ3n) is 7.48. The molecule has 1 fully saturated rings. The molecule has 0 atom stereocenters. The Bertz CT molecular complexity index is 1340. The maximum Gasteiger partial charge on any atom is 0.270 e. The number of piperidine rings is 1. The van der Waals surface area contributed by atoms with E-state index in [1.807, 2.05) is 39.8 Å². The van der Waals surface area contributed by atoms with E-state index in [0.717, 1.165) is 35.7 Å². The van der Waals surface area contributed by atoms with Gasteiger partial charge < -0.3 is 37.1 Å². The van der Waals surface area contributed by atoms with Crippen LogP contribution in [0.3, 0.4) is 0 Å². The van der Waals surface area contributed by atoms with Crippen LogP contribution in [-0.2, 0) is 17.9 Å². The van der Waals surface area contributed by atoms with Gasteiger partial charge in [-0.25, -0.2) is 0 Å². The van der Waals surface area contributed by atoms with Crippen molar-refractivity contribution in [3.05, 3.63) is 64.8 Å². The van der Waals surface area contributed by atoms with Gasteiger partial charge in [-0.15, -0.1) is 0 Å². The molecule has 0 radical (unpaired) electrons. The second-order valence-electron chi connectivity index (χ2n) is 10.2. The van der Waals surface area contributed by atoms with Gasteiger partial charge in [-0.3, -0.25) is 15.0 Å². The van der Waals surface area contributed by atoms with Crippen LogP contribution in [0, 0.1) is 11.3 Å². The second-order valence-corrected chi connectivity index (χ2v) is 10.2. The number of aliphatic hydroxyl groups is 1. The van der Waals surface area contributed by atoms with Gasteiger partial charge in [-0.1, -0.05) is 24.3 Å². The molecule has 1 aromatic heterocycles. The minimum Gasteiger partial charge on any atom is -0.392 e. The minimum atomic E-state index is -0.217. The topological polar surface area (TPSA) is 176 Å². The number of hydrogen-bond donors (Lipinski definition) is 6. The van der Waals surface area contributed by atoms with Crippen molar-refractivity contribution in [1.82, 2.24) is 9.47 Å². The summed E-state index contributed by atoms with van der Waals surface area (Å²) in [5.41, 5.74) is 21.0. The highest BCUT2D eigenvalue weighted by Gasteiger charge is 2.26. The summed E-state index contributed by atoms with van der Waals surface area (Å²) in [7, 11) is 0. The molecule has 1 aliphatic rings. The Balaban J connectivity index is 1.69. The lowest BCUT2D eigenvalue weighted by atomic mass is 9.93. The number of nitrogen functional groups attached to an aromatic ring is 1. The second kappa shape index (κ2) is 12.9. The molecule has 0 unspecified atom stereocenters. The summed E-state index contributed by atoms with van der Waals surface area (Å²) in [4.78, 5) is 28.1.